The Balaban J connectivity index is 2.07. The number of rotatable bonds is 5. The normalized spacial score (nSPS) is 14.3. The Bertz CT molecular complexity index is 999. The molecule has 1 fully saturated rings. The first-order valence-electron chi connectivity index (χ1n) is 9.47. The summed E-state index contributed by atoms with van der Waals surface area (Å²) < 4.78 is 21.5. The SMILES string of the molecule is CCOC(=O)c1cn(CCCl)c2cc(N3CCN(C(C)=O)CC3)c(F)cc2c1=O. The van der Waals surface area contributed by atoms with Crippen molar-refractivity contribution in [1.29, 1.82) is 0 Å². The topological polar surface area (TPSA) is 71.8 Å². The van der Waals surface area contributed by atoms with Crippen LogP contribution in [0.4, 0.5) is 10.1 Å². The van der Waals surface area contributed by atoms with Gasteiger partial charge in [0.2, 0.25) is 11.3 Å². The van der Waals surface area contributed by atoms with E-state index in [1.165, 1.54) is 13.1 Å². The minimum Gasteiger partial charge on any atom is -0.462 e. The molecular formula is C20H23ClFN3O4. The lowest BCUT2D eigenvalue weighted by Crippen LogP contribution is -2.48. The summed E-state index contributed by atoms with van der Waals surface area (Å²) in [7, 11) is 0. The number of ether oxygens (including phenoxy) is 1. The molecule has 0 aliphatic carbocycles. The summed E-state index contributed by atoms with van der Waals surface area (Å²) in [4.78, 5) is 40.0. The molecule has 1 aliphatic rings. The molecule has 1 amide bonds. The molecule has 0 atom stereocenters. The van der Waals surface area contributed by atoms with E-state index in [0.29, 0.717) is 43.9 Å². The van der Waals surface area contributed by atoms with Crippen molar-refractivity contribution < 1.29 is 18.7 Å². The number of alkyl halides is 1. The number of carbonyl (C=O) groups excluding carboxylic acids is 2. The van der Waals surface area contributed by atoms with Crippen LogP contribution in [-0.4, -0.2) is 60.0 Å². The first kappa shape index (κ1) is 21.1. The van der Waals surface area contributed by atoms with Crippen molar-refractivity contribution in [2.45, 2.75) is 20.4 Å². The molecule has 1 saturated heterocycles. The van der Waals surface area contributed by atoms with Gasteiger partial charge in [-0.2, -0.15) is 0 Å². The van der Waals surface area contributed by atoms with Crippen LogP contribution in [0.1, 0.15) is 24.2 Å². The van der Waals surface area contributed by atoms with Gasteiger partial charge in [-0.1, -0.05) is 0 Å². The fraction of sp³-hybridized carbons (Fsp3) is 0.450. The van der Waals surface area contributed by atoms with Gasteiger partial charge in [0.1, 0.15) is 11.4 Å². The highest BCUT2D eigenvalue weighted by molar-refractivity contribution is 6.17. The number of esters is 1. The zero-order chi connectivity index (χ0) is 21.1. The van der Waals surface area contributed by atoms with E-state index in [-0.39, 0.29) is 29.3 Å². The van der Waals surface area contributed by atoms with Gasteiger partial charge in [-0.25, -0.2) is 9.18 Å². The summed E-state index contributed by atoms with van der Waals surface area (Å²) >= 11 is 5.90. The van der Waals surface area contributed by atoms with E-state index in [4.69, 9.17) is 16.3 Å². The molecule has 1 aliphatic heterocycles. The summed E-state index contributed by atoms with van der Waals surface area (Å²) in [5, 5.41) is 0.101. The van der Waals surface area contributed by atoms with Crippen molar-refractivity contribution in [3.8, 4) is 0 Å². The van der Waals surface area contributed by atoms with Crippen LogP contribution >= 0.6 is 11.6 Å². The Kier molecular flexibility index (Phi) is 6.42. The molecule has 0 N–H and O–H groups in total. The highest BCUT2D eigenvalue weighted by Gasteiger charge is 2.23. The van der Waals surface area contributed by atoms with Crippen LogP contribution in [0.25, 0.3) is 10.9 Å². The van der Waals surface area contributed by atoms with Crippen LogP contribution in [0.2, 0.25) is 0 Å². The monoisotopic (exact) mass is 423 g/mol. The number of hydrogen-bond donors (Lipinski definition) is 0. The third-order valence-corrected chi connectivity index (χ3v) is 5.20. The zero-order valence-electron chi connectivity index (χ0n) is 16.4. The third kappa shape index (κ3) is 4.22. The number of anilines is 1. The first-order valence-corrected chi connectivity index (χ1v) is 10.0. The van der Waals surface area contributed by atoms with Crippen LogP contribution < -0.4 is 10.3 Å². The molecular weight excluding hydrogens is 401 g/mol. The Morgan fingerprint density at radius 3 is 2.48 bits per heavy atom. The number of aromatic nitrogens is 1. The second-order valence-electron chi connectivity index (χ2n) is 6.79. The highest BCUT2D eigenvalue weighted by atomic mass is 35.5. The average molecular weight is 424 g/mol. The van der Waals surface area contributed by atoms with Crippen molar-refractivity contribution in [1.82, 2.24) is 9.47 Å². The predicted octanol–water partition coefficient (Wildman–Crippen LogP) is 2.22. The second-order valence-corrected chi connectivity index (χ2v) is 7.17. The van der Waals surface area contributed by atoms with Gasteiger partial charge in [0.25, 0.3) is 0 Å². The van der Waals surface area contributed by atoms with E-state index >= 15 is 0 Å². The Morgan fingerprint density at radius 1 is 1.21 bits per heavy atom. The molecule has 3 rings (SSSR count). The third-order valence-electron chi connectivity index (χ3n) is 5.04. The lowest BCUT2D eigenvalue weighted by Gasteiger charge is -2.36. The fourth-order valence-electron chi connectivity index (χ4n) is 3.53. The van der Waals surface area contributed by atoms with E-state index in [1.54, 1.807) is 22.5 Å². The van der Waals surface area contributed by atoms with Gasteiger partial charge >= 0.3 is 5.97 Å². The van der Waals surface area contributed by atoms with Gasteiger partial charge in [0, 0.05) is 57.1 Å². The minimum absolute atomic E-state index is 0.00826. The summed E-state index contributed by atoms with van der Waals surface area (Å²) in [6.07, 6.45) is 1.42. The predicted molar refractivity (Wildman–Crippen MR) is 109 cm³/mol. The maximum Gasteiger partial charge on any atom is 0.343 e. The Labute approximate surface area is 172 Å². The van der Waals surface area contributed by atoms with Gasteiger partial charge in [0.15, 0.2) is 0 Å². The largest absolute Gasteiger partial charge is 0.462 e. The molecule has 1 aromatic heterocycles. The molecule has 0 bridgehead atoms. The summed E-state index contributed by atoms with van der Waals surface area (Å²) in [5.41, 5.74) is 0.129. The lowest BCUT2D eigenvalue weighted by atomic mass is 10.1. The van der Waals surface area contributed by atoms with Crippen LogP contribution in [0.3, 0.4) is 0 Å². The highest BCUT2D eigenvalue weighted by Crippen LogP contribution is 2.26. The number of carbonyl (C=O) groups is 2. The van der Waals surface area contributed by atoms with Crippen molar-refractivity contribution in [2.75, 3.05) is 43.6 Å². The molecule has 2 heterocycles. The van der Waals surface area contributed by atoms with Gasteiger partial charge < -0.3 is 19.1 Å². The smallest absolute Gasteiger partial charge is 0.343 e. The first-order chi connectivity index (χ1) is 13.9. The number of amides is 1. The summed E-state index contributed by atoms with van der Waals surface area (Å²) in [6.45, 7) is 5.61. The molecule has 0 saturated carbocycles. The van der Waals surface area contributed by atoms with Crippen LogP contribution in [0.5, 0.6) is 0 Å². The van der Waals surface area contributed by atoms with Crippen molar-refractivity contribution in [3.05, 3.63) is 39.9 Å². The molecule has 7 nitrogen and oxygen atoms in total. The number of fused-ring (bicyclic) bond motifs is 1. The number of pyridine rings is 1. The van der Waals surface area contributed by atoms with Crippen molar-refractivity contribution in [3.63, 3.8) is 0 Å². The van der Waals surface area contributed by atoms with Crippen LogP contribution in [0, 0.1) is 5.82 Å². The van der Waals surface area contributed by atoms with Crippen LogP contribution in [0.15, 0.2) is 23.1 Å². The van der Waals surface area contributed by atoms with E-state index in [9.17, 15) is 18.8 Å². The van der Waals surface area contributed by atoms with Crippen LogP contribution in [-0.2, 0) is 16.1 Å². The number of aryl methyl sites for hydroxylation is 1. The Hall–Kier alpha value is -2.61. The number of benzene rings is 1. The maximum absolute atomic E-state index is 14.9. The summed E-state index contributed by atoms with van der Waals surface area (Å²) in [5.74, 6) is -1.05. The lowest BCUT2D eigenvalue weighted by molar-refractivity contribution is -0.129. The van der Waals surface area contributed by atoms with Crippen molar-refractivity contribution >= 4 is 40.1 Å². The number of hydrogen-bond acceptors (Lipinski definition) is 5. The second kappa shape index (κ2) is 8.82. The quantitative estimate of drug-likeness (QED) is 0.544. The van der Waals surface area contributed by atoms with E-state index in [2.05, 4.69) is 0 Å². The summed E-state index contributed by atoms with van der Waals surface area (Å²) in [6, 6.07) is 2.77. The molecule has 156 valence electrons. The molecule has 29 heavy (non-hydrogen) atoms. The standard InChI is InChI=1S/C20H23ClFN3O4/c1-3-29-20(28)15-12-25(5-4-21)17-11-18(16(22)10-14(17)19(15)27)24-8-6-23(7-9-24)13(2)26/h10-12H,3-9H2,1-2H3. The molecule has 0 unspecified atom stereocenters. The maximum atomic E-state index is 14.9. The molecule has 0 spiro atoms. The van der Waals surface area contributed by atoms with Gasteiger partial charge in [0.05, 0.1) is 17.8 Å². The van der Waals surface area contributed by atoms with Crippen molar-refractivity contribution in [2.24, 2.45) is 0 Å². The Morgan fingerprint density at radius 2 is 1.90 bits per heavy atom. The fourth-order valence-corrected chi connectivity index (χ4v) is 3.72. The molecule has 2 aromatic rings. The van der Waals surface area contributed by atoms with Gasteiger partial charge in [-0.3, -0.25) is 9.59 Å². The van der Waals surface area contributed by atoms with Gasteiger partial charge in [-0.15, -0.1) is 11.6 Å². The van der Waals surface area contributed by atoms with Gasteiger partial charge in [-0.05, 0) is 19.1 Å². The number of nitrogens with zero attached hydrogens (tertiary/aromatic N) is 3. The zero-order valence-corrected chi connectivity index (χ0v) is 17.2. The average Bonchev–Trinajstić information content (AvgIpc) is 2.70. The van der Waals surface area contributed by atoms with E-state index < -0.39 is 17.2 Å². The molecule has 1 aromatic carbocycles. The minimum atomic E-state index is -0.743. The number of halogens is 2. The van der Waals surface area contributed by atoms with E-state index in [0.717, 1.165) is 6.07 Å². The molecule has 0 radical (unpaired) electrons. The van der Waals surface area contributed by atoms with E-state index in [1.807, 2.05) is 4.90 Å². The molecule has 9 heteroatoms. The number of piperazine rings is 1.